The SMILES string of the molecule is O=C(CSc1ccc(Cl)cc1)NNC(=O)c1cnn2c(-c3ccccc3)ccnc12. The molecule has 0 radical (unpaired) electrons. The molecule has 0 aliphatic carbocycles. The summed E-state index contributed by atoms with van der Waals surface area (Å²) in [5.74, 6) is -0.683. The van der Waals surface area contributed by atoms with Gasteiger partial charge in [-0.25, -0.2) is 9.50 Å². The summed E-state index contributed by atoms with van der Waals surface area (Å²) in [5, 5.41) is 4.92. The van der Waals surface area contributed by atoms with E-state index in [0.717, 1.165) is 16.2 Å². The van der Waals surface area contributed by atoms with Gasteiger partial charge in [0, 0.05) is 21.7 Å². The lowest BCUT2D eigenvalue weighted by molar-refractivity contribution is -0.119. The Kier molecular flexibility index (Phi) is 5.97. The molecule has 0 saturated heterocycles. The number of rotatable bonds is 5. The molecule has 0 saturated carbocycles. The smallest absolute Gasteiger partial charge is 0.272 e. The van der Waals surface area contributed by atoms with Gasteiger partial charge in [-0.05, 0) is 30.3 Å². The Labute approximate surface area is 181 Å². The fourth-order valence-electron chi connectivity index (χ4n) is 2.79. The molecule has 150 valence electrons. The molecule has 0 aliphatic rings. The lowest BCUT2D eigenvalue weighted by Gasteiger charge is -2.07. The van der Waals surface area contributed by atoms with Crippen LogP contribution in [0, 0.1) is 0 Å². The van der Waals surface area contributed by atoms with Crippen molar-refractivity contribution in [3.63, 3.8) is 0 Å². The minimum absolute atomic E-state index is 0.146. The number of thioether (sulfide) groups is 1. The molecule has 2 heterocycles. The number of carbonyl (C=O) groups excluding carboxylic acids is 2. The van der Waals surface area contributed by atoms with Gasteiger partial charge in [0.1, 0.15) is 5.56 Å². The number of amides is 2. The molecule has 0 spiro atoms. The molecule has 0 unspecified atom stereocenters. The second-order valence-corrected chi connectivity index (χ2v) is 7.72. The van der Waals surface area contributed by atoms with E-state index in [0.29, 0.717) is 10.7 Å². The summed E-state index contributed by atoms with van der Waals surface area (Å²) < 4.78 is 1.60. The van der Waals surface area contributed by atoms with Crippen molar-refractivity contribution >= 4 is 40.8 Å². The Bertz CT molecular complexity index is 1200. The average molecular weight is 438 g/mol. The number of aromatic nitrogens is 3. The quantitative estimate of drug-likeness (QED) is 0.368. The van der Waals surface area contributed by atoms with Gasteiger partial charge in [-0.2, -0.15) is 5.10 Å². The van der Waals surface area contributed by atoms with Crippen LogP contribution in [0.5, 0.6) is 0 Å². The molecule has 0 aliphatic heterocycles. The van der Waals surface area contributed by atoms with E-state index in [2.05, 4.69) is 20.9 Å². The number of benzene rings is 2. The Morgan fingerprint density at radius 3 is 2.53 bits per heavy atom. The van der Waals surface area contributed by atoms with Crippen LogP contribution in [-0.4, -0.2) is 32.2 Å². The van der Waals surface area contributed by atoms with Crippen LogP contribution in [0.2, 0.25) is 5.02 Å². The fraction of sp³-hybridized carbons (Fsp3) is 0.0476. The summed E-state index contributed by atoms with van der Waals surface area (Å²) in [6.07, 6.45) is 3.05. The minimum Gasteiger partial charge on any atom is -0.272 e. The van der Waals surface area contributed by atoms with Crippen LogP contribution in [0.25, 0.3) is 16.9 Å². The van der Waals surface area contributed by atoms with Crippen molar-refractivity contribution in [3.8, 4) is 11.3 Å². The van der Waals surface area contributed by atoms with Crippen molar-refractivity contribution in [1.82, 2.24) is 25.4 Å². The summed E-state index contributed by atoms with van der Waals surface area (Å²) in [6.45, 7) is 0. The van der Waals surface area contributed by atoms with Crippen LogP contribution in [0.1, 0.15) is 10.4 Å². The molecule has 30 heavy (non-hydrogen) atoms. The molecule has 0 bridgehead atoms. The third kappa shape index (κ3) is 4.45. The number of hydrogen-bond acceptors (Lipinski definition) is 5. The van der Waals surface area contributed by atoms with Gasteiger partial charge in [-0.1, -0.05) is 41.9 Å². The van der Waals surface area contributed by atoms with Crippen molar-refractivity contribution < 1.29 is 9.59 Å². The largest absolute Gasteiger partial charge is 0.275 e. The number of nitrogens with one attached hydrogen (secondary N) is 2. The maximum absolute atomic E-state index is 12.5. The van der Waals surface area contributed by atoms with E-state index in [9.17, 15) is 9.59 Å². The van der Waals surface area contributed by atoms with Gasteiger partial charge >= 0.3 is 0 Å². The monoisotopic (exact) mass is 437 g/mol. The summed E-state index contributed by atoms with van der Waals surface area (Å²) >= 11 is 7.18. The predicted octanol–water partition coefficient (Wildman–Crippen LogP) is 3.60. The van der Waals surface area contributed by atoms with E-state index in [1.807, 2.05) is 48.5 Å². The number of hydrogen-bond donors (Lipinski definition) is 2. The van der Waals surface area contributed by atoms with E-state index in [1.54, 1.807) is 22.8 Å². The maximum atomic E-state index is 12.5. The zero-order valence-corrected chi connectivity index (χ0v) is 17.2. The highest BCUT2D eigenvalue weighted by atomic mass is 35.5. The topological polar surface area (TPSA) is 88.4 Å². The molecule has 9 heteroatoms. The number of fused-ring (bicyclic) bond motifs is 1. The van der Waals surface area contributed by atoms with E-state index in [1.165, 1.54) is 18.0 Å². The molecular weight excluding hydrogens is 422 g/mol. The first-order valence-corrected chi connectivity index (χ1v) is 10.3. The molecular formula is C21H16ClN5O2S. The van der Waals surface area contributed by atoms with E-state index in [-0.39, 0.29) is 17.2 Å². The van der Waals surface area contributed by atoms with Gasteiger partial charge < -0.3 is 0 Å². The highest BCUT2D eigenvalue weighted by Gasteiger charge is 2.16. The predicted molar refractivity (Wildman–Crippen MR) is 116 cm³/mol. The van der Waals surface area contributed by atoms with Gasteiger partial charge in [0.2, 0.25) is 5.91 Å². The molecule has 0 fully saturated rings. The third-order valence-electron chi connectivity index (χ3n) is 4.21. The first-order chi connectivity index (χ1) is 14.6. The van der Waals surface area contributed by atoms with Crippen molar-refractivity contribution in [2.45, 2.75) is 4.90 Å². The Morgan fingerprint density at radius 1 is 1.00 bits per heavy atom. The Balaban J connectivity index is 1.41. The fourth-order valence-corrected chi connectivity index (χ4v) is 3.61. The molecule has 2 amide bonds. The van der Waals surface area contributed by atoms with Gasteiger partial charge in [-0.3, -0.25) is 20.4 Å². The summed E-state index contributed by atoms with van der Waals surface area (Å²) in [6, 6.07) is 18.7. The second-order valence-electron chi connectivity index (χ2n) is 6.23. The van der Waals surface area contributed by atoms with Crippen LogP contribution in [0.4, 0.5) is 0 Å². The molecule has 2 aromatic heterocycles. The third-order valence-corrected chi connectivity index (χ3v) is 5.48. The zero-order chi connectivity index (χ0) is 20.9. The standard InChI is InChI=1S/C21H16ClN5O2S/c22-15-6-8-16(9-7-15)30-13-19(28)25-26-21(29)17-12-24-27-18(10-11-23-20(17)27)14-4-2-1-3-5-14/h1-12H,13H2,(H,25,28)(H,26,29). The second kappa shape index (κ2) is 8.98. The van der Waals surface area contributed by atoms with Crippen LogP contribution >= 0.6 is 23.4 Å². The number of halogens is 1. The summed E-state index contributed by atoms with van der Waals surface area (Å²) in [4.78, 5) is 29.8. The van der Waals surface area contributed by atoms with Gasteiger partial charge in [0.05, 0.1) is 17.6 Å². The Morgan fingerprint density at radius 2 is 1.77 bits per heavy atom. The van der Waals surface area contributed by atoms with Crippen molar-refractivity contribution in [2.75, 3.05) is 5.75 Å². The van der Waals surface area contributed by atoms with Crippen molar-refractivity contribution in [2.24, 2.45) is 0 Å². The van der Waals surface area contributed by atoms with Gasteiger partial charge in [0.15, 0.2) is 5.65 Å². The van der Waals surface area contributed by atoms with Crippen molar-refractivity contribution in [1.29, 1.82) is 0 Å². The minimum atomic E-state index is -0.493. The number of nitrogens with zero attached hydrogens (tertiary/aromatic N) is 3. The number of hydrazine groups is 1. The Hall–Kier alpha value is -3.36. The maximum Gasteiger partial charge on any atom is 0.275 e. The van der Waals surface area contributed by atoms with Gasteiger partial charge in [-0.15, -0.1) is 11.8 Å². The molecule has 7 nitrogen and oxygen atoms in total. The molecule has 4 aromatic rings. The van der Waals surface area contributed by atoms with Crippen LogP contribution in [-0.2, 0) is 4.79 Å². The van der Waals surface area contributed by atoms with E-state index >= 15 is 0 Å². The highest BCUT2D eigenvalue weighted by Crippen LogP contribution is 2.21. The highest BCUT2D eigenvalue weighted by molar-refractivity contribution is 8.00. The molecule has 2 aromatic carbocycles. The normalized spacial score (nSPS) is 10.7. The van der Waals surface area contributed by atoms with Gasteiger partial charge in [0.25, 0.3) is 5.91 Å². The lowest BCUT2D eigenvalue weighted by Crippen LogP contribution is -2.42. The lowest BCUT2D eigenvalue weighted by atomic mass is 10.1. The first kappa shape index (κ1) is 19.9. The average Bonchev–Trinajstić information content (AvgIpc) is 3.22. The van der Waals surface area contributed by atoms with E-state index < -0.39 is 5.91 Å². The molecule has 2 N–H and O–H groups in total. The molecule has 4 rings (SSSR count). The van der Waals surface area contributed by atoms with Crippen LogP contribution < -0.4 is 10.9 Å². The van der Waals surface area contributed by atoms with Crippen LogP contribution in [0.15, 0.2) is 78.0 Å². The summed E-state index contributed by atoms with van der Waals surface area (Å²) in [5.41, 5.74) is 7.25. The molecule has 0 atom stereocenters. The van der Waals surface area contributed by atoms with Crippen molar-refractivity contribution in [3.05, 3.63) is 83.6 Å². The number of carbonyl (C=O) groups is 2. The summed E-state index contributed by atoms with van der Waals surface area (Å²) in [7, 11) is 0. The zero-order valence-electron chi connectivity index (χ0n) is 15.6. The van der Waals surface area contributed by atoms with Crippen LogP contribution in [0.3, 0.4) is 0 Å². The van der Waals surface area contributed by atoms with E-state index in [4.69, 9.17) is 11.6 Å². The first-order valence-electron chi connectivity index (χ1n) is 8.97.